The van der Waals surface area contributed by atoms with Gasteiger partial charge in [-0.3, -0.25) is 4.79 Å². The minimum absolute atomic E-state index is 0.0386. The van der Waals surface area contributed by atoms with Gasteiger partial charge < -0.3 is 15.4 Å². The molecule has 0 aliphatic carbocycles. The summed E-state index contributed by atoms with van der Waals surface area (Å²) in [6.07, 6.45) is 1.96. The van der Waals surface area contributed by atoms with Gasteiger partial charge in [0.15, 0.2) is 0 Å². The van der Waals surface area contributed by atoms with Crippen LogP contribution in [0.2, 0.25) is 0 Å². The number of hydrogen-bond donors (Lipinski definition) is 1. The van der Waals surface area contributed by atoms with Crippen molar-refractivity contribution in [1.82, 2.24) is 4.90 Å². The molecule has 1 amide bonds. The van der Waals surface area contributed by atoms with Gasteiger partial charge in [0.25, 0.3) is 0 Å². The molecule has 0 aromatic carbocycles. The fraction of sp³-hybridized carbons (Fsp3) is 0.917. The molecule has 0 spiro atoms. The molecule has 4 nitrogen and oxygen atoms in total. The Morgan fingerprint density at radius 3 is 2.69 bits per heavy atom. The van der Waals surface area contributed by atoms with Crippen LogP contribution in [0, 0.1) is 5.92 Å². The summed E-state index contributed by atoms with van der Waals surface area (Å²) in [5.74, 6) is 0.268. The highest BCUT2D eigenvalue weighted by Crippen LogP contribution is 2.20. The molecular weight excluding hydrogens is 204 g/mol. The summed E-state index contributed by atoms with van der Waals surface area (Å²) in [5.41, 5.74) is 5.95. The number of nitrogens with zero attached hydrogens (tertiary/aromatic N) is 1. The van der Waals surface area contributed by atoms with E-state index in [-0.39, 0.29) is 30.0 Å². The van der Waals surface area contributed by atoms with Crippen LogP contribution in [0.4, 0.5) is 0 Å². The molecule has 2 unspecified atom stereocenters. The van der Waals surface area contributed by atoms with E-state index in [1.54, 1.807) is 4.90 Å². The van der Waals surface area contributed by atoms with Crippen LogP contribution in [0.15, 0.2) is 0 Å². The Morgan fingerprint density at radius 1 is 1.62 bits per heavy atom. The fourth-order valence-corrected chi connectivity index (χ4v) is 2.12. The molecule has 94 valence electrons. The van der Waals surface area contributed by atoms with Crippen molar-refractivity contribution in [2.45, 2.75) is 51.8 Å². The molecule has 0 radical (unpaired) electrons. The van der Waals surface area contributed by atoms with Gasteiger partial charge in [-0.1, -0.05) is 20.3 Å². The highest BCUT2D eigenvalue weighted by molar-refractivity contribution is 5.82. The number of amides is 1. The van der Waals surface area contributed by atoms with Crippen molar-refractivity contribution in [2.75, 3.05) is 13.7 Å². The van der Waals surface area contributed by atoms with Crippen molar-refractivity contribution in [1.29, 1.82) is 0 Å². The van der Waals surface area contributed by atoms with Crippen LogP contribution in [-0.4, -0.2) is 42.6 Å². The maximum Gasteiger partial charge on any atom is 0.239 e. The van der Waals surface area contributed by atoms with E-state index in [1.807, 2.05) is 20.9 Å². The average Bonchev–Trinajstić information content (AvgIpc) is 2.71. The molecule has 4 atom stereocenters. The molecule has 1 fully saturated rings. The third kappa shape index (κ3) is 2.74. The van der Waals surface area contributed by atoms with Gasteiger partial charge in [-0.05, 0) is 19.3 Å². The number of rotatable bonds is 4. The predicted octanol–water partition coefficient (Wildman–Crippen LogP) is 0.996. The Bertz CT molecular complexity index is 245. The van der Waals surface area contributed by atoms with Gasteiger partial charge in [-0.25, -0.2) is 0 Å². The first-order valence-corrected chi connectivity index (χ1v) is 6.12. The standard InChI is InChI=1S/C12H24N2O2/c1-5-8(2)11(13)12(15)14(4)10-6-7-16-9(10)3/h8-11H,5-7,13H2,1-4H3/t8-,9?,10?,11-/m0/s1. The molecule has 1 saturated heterocycles. The monoisotopic (exact) mass is 228 g/mol. The van der Waals surface area contributed by atoms with Crippen LogP contribution in [0.3, 0.4) is 0 Å². The second-order valence-electron chi connectivity index (χ2n) is 4.79. The molecule has 1 rings (SSSR count). The fourth-order valence-electron chi connectivity index (χ4n) is 2.12. The van der Waals surface area contributed by atoms with E-state index in [0.717, 1.165) is 19.4 Å². The Kier molecular flexibility index (Phi) is 4.74. The highest BCUT2D eigenvalue weighted by atomic mass is 16.5. The maximum atomic E-state index is 12.1. The van der Waals surface area contributed by atoms with Crippen LogP contribution in [0.25, 0.3) is 0 Å². The number of carbonyl (C=O) groups is 1. The van der Waals surface area contributed by atoms with Gasteiger partial charge in [0, 0.05) is 13.7 Å². The summed E-state index contributed by atoms with van der Waals surface area (Å²) in [6, 6.07) is -0.203. The molecule has 1 heterocycles. The van der Waals surface area contributed by atoms with Gasteiger partial charge in [0.2, 0.25) is 5.91 Å². The van der Waals surface area contributed by atoms with Crippen LogP contribution in [-0.2, 0) is 9.53 Å². The smallest absolute Gasteiger partial charge is 0.239 e. The van der Waals surface area contributed by atoms with E-state index < -0.39 is 0 Å². The van der Waals surface area contributed by atoms with Gasteiger partial charge in [-0.2, -0.15) is 0 Å². The van der Waals surface area contributed by atoms with E-state index in [9.17, 15) is 4.79 Å². The molecule has 0 aromatic rings. The summed E-state index contributed by atoms with van der Waals surface area (Å²) in [4.78, 5) is 13.9. The molecule has 16 heavy (non-hydrogen) atoms. The number of hydrogen-bond acceptors (Lipinski definition) is 3. The third-order valence-corrected chi connectivity index (χ3v) is 3.72. The van der Waals surface area contributed by atoms with Gasteiger partial charge in [-0.15, -0.1) is 0 Å². The minimum Gasteiger partial charge on any atom is -0.376 e. The first-order valence-electron chi connectivity index (χ1n) is 6.12. The maximum absolute atomic E-state index is 12.1. The van der Waals surface area contributed by atoms with Crippen molar-refractivity contribution in [2.24, 2.45) is 11.7 Å². The number of ether oxygens (including phenoxy) is 1. The first kappa shape index (κ1) is 13.5. The molecule has 4 heteroatoms. The predicted molar refractivity (Wildman–Crippen MR) is 64.0 cm³/mol. The van der Waals surface area contributed by atoms with Crippen LogP contribution in [0.5, 0.6) is 0 Å². The van der Waals surface area contributed by atoms with E-state index >= 15 is 0 Å². The van der Waals surface area contributed by atoms with E-state index in [2.05, 4.69) is 6.92 Å². The lowest BCUT2D eigenvalue weighted by molar-refractivity contribution is -0.135. The largest absolute Gasteiger partial charge is 0.376 e. The second-order valence-corrected chi connectivity index (χ2v) is 4.79. The minimum atomic E-state index is -0.386. The van der Waals surface area contributed by atoms with E-state index in [4.69, 9.17) is 10.5 Å². The van der Waals surface area contributed by atoms with Gasteiger partial charge >= 0.3 is 0 Å². The third-order valence-electron chi connectivity index (χ3n) is 3.72. The lowest BCUT2D eigenvalue weighted by Gasteiger charge is -2.30. The normalized spacial score (nSPS) is 28.8. The number of likely N-dealkylation sites (N-methyl/N-ethyl adjacent to an activating group) is 1. The first-order chi connectivity index (χ1) is 7.49. The SMILES string of the molecule is CC[C@H](C)[C@H](N)C(=O)N(C)C1CCOC1C. The number of carbonyl (C=O) groups excluding carboxylic acids is 1. The van der Waals surface area contributed by atoms with Crippen molar-refractivity contribution in [3.05, 3.63) is 0 Å². The van der Waals surface area contributed by atoms with Crippen molar-refractivity contribution < 1.29 is 9.53 Å². The summed E-state index contributed by atoms with van der Waals surface area (Å²) in [5, 5.41) is 0. The lowest BCUT2D eigenvalue weighted by atomic mass is 9.98. The zero-order chi connectivity index (χ0) is 12.3. The Morgan fingerprint density at radius 2 is 2.25 bits per heavy atom. The number of nitrogens with two attached hydrogens (primary N) is 1. The van der Waals surface area contributed by atoms with E-state index in [1.165, 1.54) is 0 Å². The summed E-state index contributed by atoms with van der Waals surface area (Å²) < 4.78 is 5.47. The molecule has 0 saturated carbocycles. The summed E-state index contributed by atoms with van der Waals surface area (Å²) in [6.45, 7) is 6.82. The Labute approximate surface area is 98.1 Å². The average molecular weight is 228 g/mol. The molecule has 0 aromatic heterocycles. The molecule has 0 bridgehead atoms. The van der Waals surface area contributed by atoms with Crippen LogP contribution in [0.1, 0.15) is 33.6 Å². The quantitative estimate of drug-likeness (QED) is 0.781. The van der Waals surface area contributed by atoms with Crippen LogP contribution < -0.4 is 5.73 Å². The highest BCUT2D eigenvalue weighted by Gasteiger charge is 2.33. The summed E-state index contributed by atoms with van der Waals surface area (Å²) in [7, 11) is 1.83. The molecule has 1 aliphatic heterocycles. The van der Waals surface area contributed by atoms with Crippen molar-refractivity contribution in [3.63, 3.8) is 0 Å². The van der Waals surface area contributed by atoms with Crippen molar-refractivity contribution in [3.8, 4) is 0 Å². The van der Waals surface area contributed by atoms with Crippen molar-refractivity contribution >= 4 is 5.91 Å². The molecular formula is C12H24N2O2. The molecule has 2 N–H and O–H groups in total. The topological polar surface area (TPSA) is 55.6 Å². The van der Waals surface area contributed by atoms with Gasteiger partial charge in [0.05, 0.1) is 18.2 Å². The Balaban J connectivity index is 2.59. The second kappa shape index (κ2) is 5.64. The molecule has 1 aliphatic rings. The zero-order valence-electron chi connectivity index (χ0n) is 10.8. The lowest BCUT2D eigenvalue weighted by Crippen LogP contribution is -2.50. The Hall–Kier alpha value is -0.610. The van der Waals surface area contributed by atoms with Crippen LogP contribution >= 0.6 is 0 Å². The zero-order valence-corrected chi connectivity index (χ0v) is 10.8. The summed E-state index contributed by atoms with van der Waals surface area (Å²) >= 11 is 0. The van der Waals surface area contributed by atoms with Gasteiger partial charge in [0.1, 0.15) is 0 Å². The van der Waals surface area contributed by atoms with E-state index in [0.29, 0.717) is 0 Å².